The standard InChI is InChI=1S/C11H15BrClNS/c1-8-6-14(4-2-10(8)13)7-11-9(12)3-5-15-11/h3,5,8,10H,2,4,6-7H2,1H3. The molecule has 2 heterocycles. The van der Waals surface area contributed by atoms with Gasteiger partial charge in [0.15, 0.2) is 0 Å². The van der Waals surface area contributed by atoms with Crippen LogP contribution < -0.4 is 0 Å². The van der Waals surface area contributed by atoms with Crippen molar-refractivity contribution in [3.05, 3.63) is 20.8 Å². The predicted octanol–water partition coefficient (Wildman–Crippen LogP) is 3.96. The first-order chi connectivity index (χ1) is 7.16. The second kappa shape index (κ2) is 5.17. The largest absolute Gasteiger partial charge is 0.298 e. The number of nitrogens with zero attached hydrogens (tertiary/aromatic N) is 1. The van der Waals surface area contributed by atoms with Gasteiger partial charge in [0.25, 0.3) is 0 Å². The molecule has 1 aromatic heterocycles. The molecule has 1 aliphatic rings. The smallest absolute Gasteiger partial charge is 0.0386 e. The van der Waals surface area contributed by atoms with E-state index in [-0.39, 0.29) is 0 Å². The molecule has 2 unspecified atom stereocenters. The van der Waals surface area contributed by atoms with Crippen LogP contribution in [0.15, 0.2) is 15.9 Å². The molecule has 4 heteroatoms. The molecule has 0 aromatic carbocycles. The molecule has 0 saturated carbocycles. The molecule has 1 aromatic rings. The van der Waals surface area contributed by atoms with Crippen molar-refractivity contribution in [3.8, 4) is 0 Å². The summed E-state index contributed by atoms with van der Waals surface area (Å²) in [6.45, 7) is 5.56. The molecule has 0 spiro atoms. The van der Waals surface area contributed by atoms with E-state index in [0.717, 1.165) is 26.1 Å². The zero-order valence-corrected chi connectivity index (χ0v) is 11.9. The maximum Gasteiger partial charge on any atom is 0.0386 e. The molecule has 0 radical (unpaired) electrons. The highest BCUT2D eigenvalue weighted by Crippen LogP contribution is 2.27. The minimum Gasteiger partial charge on any atom is -0.298 e. The van der Waals surface area contributed by atoms with Crippen molar-refractivity contribution in [1.29, 1.82) is 0 Å². The van der Waals surface area contributed by atoms with E-state index in [0.29, 0.717) is 11.3 Å². The third-order valence-electron chi connectivity index (χ3n) is 2.94. The molecule has 1 nitrogen and oxygen atoms in total. The zero-order valence-electron chi connectivity index (χ0n) is 8.75. The van der Waals surface area contributed by atoms with Gasteiger partial charge < -0.3 is 0 Å². The Morgan fingerprint density at radius 2 is 2.47 bits per heavy atom. The lowest BCUT2D eigenvalue weighted by atomic mass is 10.00. The Balaban J connectivity index is 1.94. The lowest BCUT2D eigenvalue weighted by Gasteiger charge is -2.33. The summed E-state index contributed by atoms with van der Waals surface area (Å²) in [5.41, 5.74) is 0. The molecule has 0 aliphatic carbocycles. The average Bonchev–Trinajstić information content (AvgIpc) is 2.59. The molecule has 0 bridgehead atoms. The first-order valence-electron chi connectivity index (χ1n) is 5.25. The Kier molecular flexibility index (Phi) is 4.10. The van der Waals surface area contributed by atoms with Gasteiger partial charge in [-0.1, -0.05) is 6.92 Å². The highest BCUT2D eigenvalue weighted by molar-refractivity contribution is 9.10. The molecular weight excluding hydrogens is 294 g/mol. The van der Waals surface area contributed by atoms with Gasteiger partial charge in [0.05, 0.1) is 0 Å². The van der Waals surface area contributed by atoms with E-state index >= 15 is 0 Å². The van der Waals surface area contributed by atoms with Gasteiger partial charge in [0.2, 0.25) is 0 Å². The first-order valence-corrected chi connectivity index (χ1v) is 7.36. The number of hydrogen-bond donors (Lipinski definition) is 0. The van der Waals surface area contributed by atoms with Crippen molar-refractivity contribution in [2.24, 2.45) is 5.92 Å². The van der Waals surface area contributed by atoms with Crippen molar-refractivity contribution in [1.82, 2.24) is 4.90 Å². The summed E-state index contributed by atoms with van der Waals surface area (Å²) < 4.78 is 1.24. The zero-order chi connectivity index (χ0) is 10.8. The van der Waals surface area contributed by atoms with Crippen LogP contribution in [0.2, 0.25) is 0 Å². The molecule has 2 rings (SSSR count). The third-order valence-corrected chi connectivity index (χ3v) is 5.50. The normalized spacial score (nSPS) is 28.2. The molecule has 84 valence electrons. The van der Waals surface area contributed by atoms with E-state index in [2.05, 4.69) is 39.2 Å². The van der Waals surface area contributed by atoms with Crippen molar-refractivity contribution >= 4 is 38.9 Å². The van der Waals surface area contributed by atoms with Crippen LogP contribution in [0.4, 0.5) is 0 Å². The Hall–Kier alpha value is 0.430. The van der Waals surface area contributed by atoms with Crippen LogP contribution in [-0.4, -0.2) is 23.4 Å². The Morgan fingerprint density at radius 1 is 1.67 bits per heavy atom. The van der Waals surface area contributed by atoms with Crippen LogP contribution >= 0.6 is 38.9 Å². The van der Waals surface area contributed by atoms with Crippen LogP contribution in [0.3, 0.4) is 0 Å². The second-order valence-corrected chi connectivity index (χ2v) is 6.62. The molecule has 0 N–H and O–H groups in total. The fourth-order valence-electron chi connectivity index (χ4n) is 1.99. The van der Waals surface area contributed by atoms with Gasteiger partial charge in [0.1, 0.15) is 0 Å². The summed E-state index contributed by atoms with van der Waals surface area (Å²) >= 11 is 11.6. The van der Waals surface area contributed by atoms with E-state index in [1.54, 1.807) is 0 Å². The fraction of sp³-hybridized carbons (Fsp3) is 0.636. The molecular formula is C11H15BrClNS. The molecule has 2 atom stereocenters. The summed E-state index contributed by atoms with van der Waals surface area (Å²) in [5, 5.41) is 2.50. The highest BCUT2D eigenvalue weighted by atomic mass is 79.9. The number of alkyl halides is 1. The number of halogens is 2. The maximum absolute atomic E-state index is 6.21. The number of piperidine rings is 1. The summed E-state index contributed by atoms with van der Waals surface area (Å²) in [6.07, 6.45) is 1.12. The van der Waals surface area contributed by atoms with E-state index in [9.17, 15) is 0 Å². The van der Waals surface area contributed by atoms with Gasteiger partial charge in [-0.05, 0) is 46.3 Å². The number of hydrogen-bond acceptors (Lipinski definition) is 2. The Labute approximate surface area is 109 Å². The van der Waals surface area contributed by atoms with Crippen molar-refractivity contribution < 1.29 is 0 Å². The van der Waals surface area contributed by atoms with Gasteiger partial charge >= 0.3 is 0 Å². The van der Waals surface area contributed by atoms with Gasteiger partial charge in [-0.25, -0.2) is 0 Å². The lowest BCUT2D eigenvalue weighted by Crippen LogP contribution is -2.39. The molecule has 1 fully saturated rings. The van der Waals surface area contributed by atoms with E-state index in [1.807, 2.05) is 11.3 Å². The monoisotopic (exact) mass is 307 g/mol. The van der Waals surface area contributed by atoms with Crippen molar-refractivity contribution in [2.45, 2.75) is 25.3 Å². The summed E-state index contributed by atoms with van der Waals surface area (Å²) in [5.74, 6) is 0.610. The molecule has 1 aliphatic heterocycles. The Bertz CT molecular complexity index is 328. The van der Waals surface area contributed by atoms with Gasteiger partial charge in [-0.3, -0.25) is 4.90 Å². The second-order valence-electron chi connectivity index (χ2n) is 4.21. The maximum atomic E-state index is 6.21. The van der Waals surface area contributed by atoms with Crippen LogP contribution in [0.1, 0.15) is 18.2 Å². The van der Waals surface area contributed by atoms with Gasteiger partial charge in [-0.2, -0.15) is 0 Å². The number of rotatable bonds is 2. The third kappa shape index (κ3) is 2.96. The first kappa shape index (κ1) is 11.9. The van der Waals surface area contributed by atoms with Crippen molar-refractivity contribution in [2.75, 3.05) is 13.1 Å². The van der Waals surface area contributed by atoms with E-state index in [1.165, 1.54) is 9.35 Å². The highest BCUT2D eigenvalue weighted by Gasteiger charge is 2.24. The molecule has 15 heavy (non-hydrogen) atoms. The van der Waals surface area contributed by atoms with Crippen LogP contribution in [0, 0.1) is 5.92 Å². The predicted molar refractivity (Wildman–Crippen MR) is 70.7 cm³/mol. The van der Waals surface area contributed by atoms with Gasteiger partial charge in [-0.15, -0.1) is 22.9 Å². The summed E-state index contributed by atoms with van der Waals surface area (Å²) in [4.78, 5) is 3.93. The van der Waals surface area contributed by atoms with Gasteiger partial charge in [0, 0.05) is 27.8 Å². The van der Waals surface area contributed by atoms with E-state index in [4.69, 9.17) is 11.6 Å². The lowest BCUT2D eigenvalue weighted by molar-refractivity contribution is 0.181. The van der Waals surface area contributed by atoms with E-state index < -0.39 is 0 Å². The topological polar surface area (TPSA) is 3.24 Å². The minimum absolute atomic E-state index is 0.369. The fourth-order valence-corrected chi connectivity index (χ4v) is 3.68. The number of likely N-dealkylation sites (tertiary alicyclic amines) is 1. The van der Waals surface area contributed by atoms with Crippen LogP contribution in [-0.2, 0) is 6.54 Å². The average molecular weight is 309 g/mol. The summed E-state index contributed by atoms with van der Waals surface area (Å²) in [6, 6.07) is 2.12. The summed E-state index contributed by atoms with van der Waals surface area (Å²) in [7, 11) is 0. The number of thiophene rings is 1. The SMILES string of the molecule is CC1CN(Cc2sccc2Br)CCC1Cl. The van der Waals surface area contributed by atoms with Crippen LogP contribution in [0.5, 0.6) is 0 Å². The molecule has 1 saturated heterocycles. The Morgan fingerprint density at radius 3 is 3.07 bits per heavy atom. The molecule has 0 amide bonds. The quantitative estimate of drug-likeness (QED) is 0.748. The minimum atomic E-state index is 0.369. The van der Waals surface area contributed by atoms with Crippen LogP contribution in [0.25, 0.3) is 0 Å². The van der Waals surface area contributed by atoms with Crippen molar-refractivity contribution in [3.63, 3.8) is 0 Å².